The minimum Gasteiger partial charge on any atom is -0.478 e. The summed E-state index contributed by atoms with van der Waals surface area (Å²) in [5.74, 6) is -0.743. The summed E-state index contributed by atoms with van der Waals surface area (Å²) >= 11 is 0. The Morgan fingerprint density at radius 3 is 2.62 bits per heavy atom. The summed E-state index contributed by atoms with van der Waals surface area (Å²) < 4.78 is 29.4. The fourth-order valence-corrected chi connectivity index (χ4v) is 5.84. The predicted octanol–water partition coefficient (Wildman–Crippen LogP) is 3.40. The number of rotatable bonds is 8. The Labute approximate surface area is 199 Å². The van der Waals surface area contributed by atoms with Gasteiger partial charge < -0.3 is 15.0 Å². The Morgan fingerprint density at radius 2 is 1.88 bits per heavy atom. The summed E-state index contributed by atoms with van der Waals surface area (Å²) in [7, 11) is -3.99. The van der Waals surface area contributed by atoms with Crippen LogP contribution in [0, 0.1) is 5.92 Å². The number of carboxylic acids is 1. The summed E-state index contributed by atoms with van der Waals surface area (Å²) in [6.45, 7) is 3.34. The van der Waals surface area contributed by atoms with Gasteiger partial charge in [0.1, 0.15) is 6.04 Å². The number of H-pyrrole nitrogens is 1. The maximum Gasteiger partial charge on any atom is 0.335 e. The number of fused-ring (bicyclic) bond motifs is 1. The molecule has 1 saturated heterocycles. The van der Waals surface area contributed by atoms with E-state index in [0.29, 0.717) is 36.3 Å². The number of piperidine rings is 1. The first-order valence-electron chi connectivity index (χ1n) is 11.4. The molecule has 8 nitrogen and oxygen atoms in total. The Hall–Kier alpha value is -3.17. The Bertz CT molecular complexity index is 1290. The molecule has 1 aliphatic heterocycles. The second-order valence-corrected chi connectivity index (χ2v) is 10.6. The highest BCUT2D eigenvalue weighted by Gasteiger charge is 2.31. The van der Waals surface area contributed by atoms with E-state index in [1.54, 1.807) is 47.5 Å². The number of nitrogens with one attached hydrogen (secondary N) is 2. The van der Waals surface area contributed by atoms with Crippen LogP contribution in [0.3, 0.4) is 0 Å². The zero-order valence-electron chi connectivity index (χ0n) is 19.0. The quantitative estimate of drug-likeness (QED) is 0.454. The number of carboxylic acid groups (broad SMARTS) is 1. The van der Waals surface area contributed by atoms with Crippen molar-refractivity contribution in [3.63, 3.8) is 0 Å². The monoisotopic (exact) mass is 483 g/mol. The number of aromatic carboxylic acids is 1. The van der Waals surface area contributed by atoms with Gasteiger partial charge >= 0.3 is 5.97 Å². The van der Waals surface area contributed by atoms with Gasteiger partial charge in [-0.2, -0.15) is 4.72 Å². The van der Waals surface area contributed by atoms with Crippen LogP contribution < -0.4 is 4.72 Å². The summed E-state index contributed by atoms with van der Waals surface area (Å²) in [5, 5.41) is 9.82. The van der Waals surface area contributed by atoms with E-state index in [1.807, 2.05) is 0 Å². The van der Waals surface area contributed by atoms with Crippen LogP contribution in [-0.2, 0) is 21.2 Å². The molecule has 1 aromatic heterocycles. The third-order valence-electron chi connectivity index (χ3n) is 6.43. The van der Waals surface area contributed by atoms with E-state index in [9.17, 15) is 23.1 Å². The van der Waals surface area contributed by atoms with Crippen LogP contribution in [0.2, 0.25) is 0 Å². The molecule has 1 atom stereocenters. The van der Waals surface area contributed by atoms with Crippen molar-refractivity contribution in [1.29, 1.82) is 0 Å². The van der Waals surface area contributed by atoms with Gasteiger partial charge in [0.25, 0.3) is 0 Å². The van der Waals surface area contributed by atoms with Gasteiger partial charge in [0, 0.05) is 30.2 Å². The number of carbonyl (C=O) groups is 2. The second kappa shape index (κ2) is 9.99. The molecule has 3 aromatic rings. The van der Waals surface area contributed by atoms with Crippen molar-refractivity contribution in [2.75, 3.05) is 13.1 Å². The average Bonchev–Trinajstić information content (AvgIpc) is 3.31. The molecular formula is C25H29N3O5S. The number of aryl methyl sites for hydroxylation is 1. The van der Waals surface area contributed by atoms with Crippen molar-refractivity contribution in [3.8, 4) is 0 Å². The minimum absolute atomic E-state index is 0.115. The van der Waals surface area contributed by atoms with Gasteiger partial charge in [0.2, 0.25) is 15.9 Å². The third kappa shape index (κ3) is 5.31. The number of hydrogen-bond acceptors (Lipinski definition) is 4. The minimum atomic E-state index is -3.99. The van der Waals surface area contributed by atoms with E-state index in [0.717, 1.165) is 18.4 Å². The molecule has 180 valence electrons. The van der Waals surface area contributed by atoms with Crippen LogP contribution in [0.1, 0.15) is 42.1 Å². The van der Waals surface area contributed by atoms with Gasteiger partial charge in [0.15, 0.2) is 0 Å². The molecule has 34 heavy (non-hydrogen) atoms. The zero-order chi connectivity index (χ0) is 24.3. The Kier molecular flexibility index (Phi) is 7.04. The number of aromatic amines is 1. The lowest BCUT2D eigenvalue weighted by Crippen LogP contribution is -2.50. The summed E-state index contributed by atoms with van der Waals surface area (Å²) in [5.41, 5.74) is 1.59. The van der Waals surface area contributed by atoms with E-state index in [-0.39, 0.29) is 22.8 Å². The molecule has 3 N–H and O–H groups in total. The van der Waals surface area contributed by atoms with Gasteiger partial charge in [-0.3, -0.25) is 4.79 Å². The number of hydrogen-bond donors (Lipinski definition) is 3. The first-order chi connectivity index (χ1) is 16.2. The normalized spacial score (nSPS) is 16.0. The van der Waals surface area contributed by atoms with Crippen molar-refractivity contribution in [3.05, 3.63) is 65.9 Å². The van der Waals surface area contributed by atoms with E-state index < -0.39 is 22.0 Å². The molecule has 0 radical (unpaired) electrons. The van der Waals surface area contributed by atoms with Crippen LogP contribution >= 0.6 is 0 Å². The largest absolute Gasteiger partial charge is 0.478 e. The van der Waals surface area contributed by atoms with Crippen LogP contribution in [0.25, 0.3) is 10.9 Å². The first-order valence-corrected chi connectivity index (χ1v) is 12.9. The van der Waals surface area contributed by atoms with Gasteiger partial charge in [-0.1, -0.05) is 25.1 Å². The molecule has 1 unspecified atom stereocenters. The molecule has 0 aliphatic carbocycles. The van der Waals surface area contributed by atoms with Crippen molar-refractivity contribution < 1.29 is 23.1 Å². The summed E-state index contributed by atoms with van der Waals surface area (Å²) in [4.78, 5) is 29.6. The van der Waals surface area contributed by atoms with Gasteiger partial charge in [-0.25, -0.2) is 13.2 Å². The van der Waals surface area contributed by atoms with Crippen LogP contribution in [-0.4, -0.2) is 54.4 Å². The predicted molar refractivity (Wildman–Crippen MR) is 129 cm³/mol. The number of benzene rings is 2. The standard InChI is InChI=1S/C25H29N3O5S/c1-17-11-14-28(15-12-17)24(29)22(9-8-18-4-2-5-19(16-18)25(30)31)27-34(32,33)23-7-3-6-21-20(23)10-13-26-21/h2-7,10,13,16-17,22,26-27H,8-9,11-12,14-15H2,1H3,(H,30,31). The molecule has 4 rings (SSSR count). The summed E-state index contributed by atoms with van der Waals surface area (Å²) in [6, 6.07) is 12.2. The highest BCUT2D eigenvalue weighted by atomic mass is 32.2. The van der Waals surface area contributed by atoms with Gasteiger partial charge in [-0.15, -0.1) is 0 Å². The number of aromatic nitrogens is 1. The highest BCUT2D eigenvalue weighted by molar-refractivity contribution is 7.89. The smallest absolute Gasteiger partial charge is 0.335 e. The van der Waals surface area contributed by atoms with Crippen LogP contribution in [0.5, 0.6) is 0 Å². The van der Waals surface area contributed by atoms with Crippen molar-refractivity contribution in [2.45, 2.75) is 43.5 Å². The van der Waals surface area contributed by atoms with Crippen LogP contribution in [0.4, 0.5) is 0 Å². The van der Waals surface area contributed by atoms with E-state index in [4.69, 9.17) is 0 Å². The molecule has 0 bridgehead atoms. The third-order valence-corrected chi connectivity index (χ3v) is 7.96. The number of amides is 1. The first kappa shape index (κ1) is 24.0. The SMILES string of the molecule is CC1CCN(C(=O)C(CCc2cccc(C(=O)O)c2)NS(=O)(=O)c2cccc3[nH]ccc23)CC1. The molecule has 2 aromatic carbocycles. The van der Waals surface area contributed by atoms with Gasteiger partial charge in [-0.05, 0) is 67.5 Å². The van der Waals surface area contributed by atoms with Crippen molar-refractivity contribution >= 4 is 32.8 Å². The molecular weight excluding hydrogens is 454 g/mol. The maximum atomic E-state index is 13.4. The van der Waals surface area contributed by atoms with E-state index >= 15 is 0 Å². The molecule has 0 saturated carbocycles. The number of likely N-dealkylation sites (tertiary alicyclic amines) is 1. The second-order valence-electron chi connectivity index (χ2n) is 8.92. The lowest BCUT2D eigenvalue weighted by atomic mass is 9.97. The lowest BCUT2D eigenvalue weighted by molar-refractivity contribution is -0.134. The van der Waals surface area contributed by atoms with Crippen molar-refractivity contribution in [2.24, 2.45) is 5.92 Å². The summed E-state index contributed by atoms with van der Waals surface area (Å²) in [6.07, 6.45) is 4.02. The van der Waals surface area contributed by atoms with E-state index in [1.165, 1.54) is 12.1 Å². The molecule has 9 heteroatoms. The number of carbonyl (C=O) groups excluding carboxylic acids is 1. The molecule has 1 fully saturated rings. The Morgan fingerprint density at radius 1 is 1.15 bits per heavy atom. The maximum absolute atomic E-state index is 13.4. The highest BCUT2D eigenvalue weighted by Crippen LogP contribution is 2.24. The topological polar surface area (TPSA) is 120 Å². The average molecular weight is 484 g/mol. The fraction of sp³-hybridized carbons (Fsp3) is 0.360. The molecule has 2 heterocycles. The zero-order valence-corrected chi connectivity index (χ0v) is 19.8. The number of sulfonamides is 1. The van der Waals surface area contributed by atoms with Crippen LogP contribution in [0.15, 0.2) is 59.6 Å². The molecule has 1 amide bonds. The number of nitrogens with zero attached hydrogens (tertiary/aromatic N) is 1. The van der Waals surface area contributed by atoms with Crippen molar-refractivity contribution in [1.82, 2.24) is 14.6 Å². The van der Waals surface area contributed by atoms with Gasteiger partial charge in [0.05, 0.1) is 10.5 Å². The lowest BCUT2D eigenvalue weighted by Gasteiger charge is -2.33. The Balaban J connectivity index is 1.59. The molecule has 0 spiro atoms. The molecule has 1 aliphatic rings. The fourth-order valence-electron chi connectivity index (χ4n) is 4.39. The van der Waals surface area contributed by atoms with E-state index in [2.05, 4.69) is 16.6 Å².